The number of nitrogens with zero attached hydrogens (tertiary/aromatic N) is 3. The highest BCUT2D eigenvalue weighted by atomic mass is 32.1. The number of nitrogens with one attached hydrogen (secondary N) is 1. The van der Waals surface area contributed by atoms with Crippen LogP contribution in [0.5, 0.6) is 5.75 Å². The van der Waals surface area contributed by atoms with Crippen LogP contribution in [-0.2, 0) is 4.74 Å². The minimum Gasteiger partial charge on any atom is -0.494 e. The smallest absolute Gasteiger partial charge is 0.291 e. The quantitative estimate of drug-likeness (QED) is 0.907. The summed E-state index contributed by atoms with van der Waals surface area (Å²) in [7, 11) is 1.67. The lowest BCUT2D eigenvalue weighted by molar-refractivity contribution is -0.0829. The molecule has 1 unspecified atom stereocenters. The predicted molar refractivity (Wildman–Crippen MR) is 95.1 cm³/mol. The fourth-order valence-corrected chi connectivity index (χ4v) is 5.05. The zero-order chi connectivity index (χ0) is 16.1. The van der Waals surface area contributed by atoms with Crippen LogP contribution < -0.4 is 10.1 Å². The van der Waals surface area contributed by atoms with Gasteiger partial charge in [-0.1, -0.05) is 17.4 Å². The Kier molecular flexibility index (Phi) is 3.21. The van der Waals surface area contributed by atoms with Gasteiger partial charge in [-0.25, -0.2) is 9.98 Å². The molecule has 3 fully saturated rings. The number of hydrogen-bond acceptors (Lipinski definition) is 7. The van der Waals surface area contributed by atoms with E-state index >= 15 is 0 Å². The average Bonchev–Trinajstić information content (AvgIpc) is 3.19. The van der Waals surface area contributed by atoms with Gasteiger partial charge in [-0.15, -0.1) is 0 Å². The maximum Gasteiger partial charge on any atom is 0.291 e. The highest BCUT2D eigenvalue weighted by molar-refractivity contribution is 7.22. The van der Waals surface area contributed by atoms with Crippen LogP contribution in [0, 0.1) is 5.92 Å². The van der Waals surface area contributed by atoms with E-state index in [1.807, 2.05) is 18.2 Å². The van der Waals surface area contributed by atoms with E-state index in [2.05, 4.69) is 20.2 Å². The van der Waals surface area contributed by atoms with Crippen LogP contribution in [0.15, 0.2) is 23.2 Å². The first kappa shape index (κ1) is 14.5. The molecule has 5 heterocycles. The Hall–Kier alpha value is -1.86. The van der Waals surface area contributed by atoms with E-state index in [1.54, 1.807) is 18.4 Å². The third kappa shape index (κ3) is 2.18. The lowest BCUT2D eigenvalue weighted by Gasteiger charge is -2.50. The molecule has 0 aliphatic carbocycles. The Labute approximate surface area is 144 Å². The minimum atomic E-state index is -0.118. The molecule has 1 N–H and O–H groups in total. The highest BCUT2D eigenvalue weighted by Crippen LogP contribution is 2.41. The van der Waals surface area contributed by atoms with Crippen molar-refractivity contribution in [2.24, 2.45) is 10.9 Å². The number of thiazole rings is 1. The largest absolute Gasteiger partial charge is 0.494 e. The molecule has 3 saturated heterocycles. The molecule has 0 amide bonds. The van der Waals surface area contributed by atoms with Crippen LogP contribution in [0.4, 0.5) is 5.13 Å². The van der Waals surface area contributed by atoms with E-state index < -0.39 is 0 Å². The van der Waals surface area contributed by atoms with Gasteiger partial charge in [0.25, 0.3) is 6.02 Å². The molecule has 0 saturated carbocycles. The summed E-state index contributed by atoms with van der Waals surface area (Å²) in [4.78, 5) is 11.8. The number of aromatic nitrogens is 1. The lowest BCUT2D eigenvalue weighted by Crippen LogP contribution is -2.61. The van der Waals surface area contributed by atoms with Crippen molar-refractivity contribution in [3.63, 3.8) is 0 Å². The maximum atomic E-state index is 6.31. The van der Waals surface area contributed by atoms with Gasteiger partial charge < -0.3 is 9.47 Å². The first-order valence-electron chi connectivity index (χ1n) is 8.42. The molecule has 7 heteroatoms. The van der Waals surface area contributed by atoms with Crippen LogP contribution in [0.25, 0.3) is 10.2 Å². The van der Waals surface area contributed by atoms with E-state index in [4.69, 9.17) is 9.47 Å². The summed E-state index contributed by atoms with van der Waals surface area (Å²) in [6, 6.07) is 6.57. The first-order chi connectivity index (χ1) is 11.8. The van der Waals surface area contributed by atoms with Gasteiger partial charge in [0, 0.05) is 12.5 Å². The molecule has 24 heavy (non-hydrogen) atoms. The van der Waals surface area contributed by atoms with Crippen molar-refractivity contribution < 1.29 is 9.47 Å². The van der Waals surface area contributed by atoms with Crippen LogP contribution >= 0.6 is 11.3 Å². The Morgan fingerprint density at radius 1 is 1.38 bits per heavy atom. The molecule has 6 nitrogen and oxygen atoms in total. The number of para-hydroxylation sites is 1. The van der Waals surface area contributed by atoms with Crippen LogP contribution in [0.1, 0.15) is 12.8 Å². The molecule has 1 spiro atoms. The van der Waals surface area contributed by atoms with Gasteiger partial charge in [0.2, 0.25) is 0 Å². The second-order valence-corrected chi connectivity index (χ2v) is 7.82. The number of ether oxygens (including phenoxy) is 2. The van der Waals surface area contributed by atoms with E-state index in [-0.39, 0.29) is 5.60 Å². The Morgan fingerprint density at radius 3 is 3.00 bits per heavy atom. The molecule has 2 bridgehead atoms. The number of methoxy groups -OCH3 is 1. The van der Waals surface area contributed by atoms with Gasteiger partial charge in [0.1, 0.15) is 16.9 Å². The van der Waals surface area contributed by atoms with Gasteiger partial charge in [-0.3, -0.25) is 10.2 Å². The molecule has 6 rings (SSSR count). The van der Waals surface area contributed by atoms with Gasteiger partial charge in [0.05, 0.1) is 18.4 Å². The molecule has 4 aliphatic heterocycles. The summed E-state index contributed by atoms with van der Waals surface area (Å²) >= 11 is 1.59. The van der Waals surface area contributed by atoms with Crippen molar-refractivity contribution in [3.05, 3.63) is 18.2 Å². The van der Waals surface area contributed by atoms with Gasteiger partial charge >= 0.3 is 0 Å². The van der Waals surface area contributed by atoms with Crippen LogP contribution in [-0.4, -0.2) is 54.8 Å². The summed E-state index contributed by atoms with van der Waals surface area (Å²) in [5.41, 5.74) is 0.761. The van der Waals surface area contributed by atoms with E-state index in [0.717, 1.165) is 34.2 Å². The second-order valence-electron chi connectivity index (χ2n) is 6.79. The third-order valence-electron chi connectivity index (χ3n) is 5.43. The average molecular weight is 344 g/mol. The number of fused-ring (bicyclic) bond motifs is 3. The lowest BCUT2D eigenvalue weighted by atomic mass is 9.75. The normalized spacial score (nSPS) is 31.3. The zero-order valence-electron chi connectivity index (χ0n) is 13.6. The SMILES string of the molecule is COc1cccc2sc(NC3=NCC4(CN5CCC4CC5)O3)nc12. The molecular formula is C17H20N4O2S. The highest BCUT2D eigenvalue weighted by Gasteiger charge is 2.51. The van der Waals surface area contributed by atoms with Crippen LogP contribution in [0.2, 0.25) is 0 Å². The summed E-state index contributed by atoms with van der Waals surface area (Å²) in [5, 5.41) is 4.07. The van der Waals surface area contributed by atoms with Gasteiger partial charge in [0.15, 0.2) is 5.13 Å². The zero-order valence-corrected chi connectivity index (χ0v) is 14.4. The predicted octanol–water partition coefficient (Wildman–Crippen LogP) is 2.57. The number of anilines is 1. The summed E-state index contributed by atoms with van der Waals surface area (Å²) < 4.78 is 12.8. The van der Waals surface area contributed by atoms with Crippen molar-refractivity contribution in [1.82, 2.24) is 9.88 Å². The fourth-order valence-electron chi connectivity index (χ4n) is 4.18. The Bertz CT molecular complexity index is 812. The number of aliphatic imine (C=N–C) groups is 1. The maximum absolute atomic E-state index is 6.31. The first-order valence-corrected chi connectivity index (χ1v) is 9.24. The second kappa shape index (κ2) is 5.32. The van der Waals surface area contributed by atoms with Crippen molar-refractivity contribution in [2.45, 2.75) is 18.4 Å². The Balaban J connectivity index is 1.36. The standard InChI is InChI=1S/C17H20N4O2S/c1-22-12-3-2-4-13-14(12)19-16(24-13)20-15-18-9-17(23-15)10-21-7-5-11(17)6-8-21/h2-4,11H,5-10H2,1H3,(H,18,19,20). The van der Waals surface area contributed by atoms with E-state index in [1.165, 1.54) is 25.9 Å². The van der Waals surface area contributed by atoms with E-state index in [0.29, 0.717) is 11.9 Å². The molecule has 126 valence electrons. The molecule has 2 aromatic rings. The molecule has 4 aliphatic rings. The van der Waals surface area contributed by atoms with Crippen molar-refractivity contribution in [1.29, 1.82) is 0 Å². The summed E-state index contributed by atoms with van der Waals surface area (Å²) in [6.45, 7) is 4.16. The topological polar surface area (TPSA) is 59.0 Å². The number of piperidine rings is 3. The fraction of sp³-hybridized carbons (Fsp3) is 0.529. The molecular weight excluding hydrogens is 324 g/mol. The van der Waals surface area contributed by atoms with E-state index in [9.17, 15) is 0 Å². The van der Waals surface area contributed by atoms with Crippen molar-refractivity contribution in [2.75, 3.05) is 38.6 Å². The molecule has 1 aromatic carbocycles. The third-order valence-corrected chi connectivity index (χ3v) is 6.36. The molecule has 1 atom stereocenters. The van der Waals surface area contributed by atoms with Gasteiger partial charge in [-0.2, -0.15) is 0 Å². The minimum absolute atomic E-state index is 0.118. The molecule has 1 aromatic heterocycles. The Morgan fingerprint density at radius 2 is 2.25 bits per heavy atom. The van der Waals surface area contributed by atoms with Crippen molar-refractivity contribution >= 4 is 32.7 Å². The van der Waals surface area contributed by atoms with Gasteiger partial charge in [-0.05, 0) is 38.1 Å². The number of benzene rings is 1. The number of rotatable bonds is 2. The number of hydrogen-bond donors (Lipinski definition) is 1. The number of amidine groups is 1. The molecule has 0 radical (unpaired) electrons. The summed E-state index contributed by atoms with van der Waals surface area (Å²) in [6.07, 6.45) is 2.45. The van der Waals surface area contributed by atoms with Crippen LogP contribution in [0.3, 0.4) is 0 Å². The summed E-state index contributed by atoms with van der Waals surface area (Å²) in [5.74, 6) is 1.42. The monoisotopic (exact) mass is 344 g/mol. The van der Waals surface area contributed by atoms with Crippen molar-refractivity contribution in [3.8, 4) is 5.75 Å².